The lowest BCUT2D eigenvalue weighted by Crippen LogP contribution is -2.17. The number of benzene rings is 1. The van der Waals surface area contributed by atoms with Crippen molar-refractivity contribution in [3.8, 4) is 11.3 Å². The smallest absolute Gasteiger partial charge is 0.433 e. The van der Waals surface area contributed by atoms with Gasteiger partial charge in [-0.1, -0.05) is 17.7 Å². The van der Waals surface area contributed by atoms with Gasteiger partial charge in [0.2, 0.25) is 0 Å². The fourth-order valence-corrected chi connectivity index (χ4v) is 2.39. The van der Waals surface area contributed by atoms with E-state index in [0.717, 1.165) is 10.9 Å². The van der Waals surface area contributed by atoms with Crippen LogP contribution >= 0.6 is 11.6 Å². The zero-order chi connectivity index (χ0) is 16.4. The van der Waals surface area contributed by atoms with Crippen LogP contribution in [-0.4, -0.2) is 32.0 Å². The number of halogens is 1. The number of carbonyl (C=O) groups is 1. The van der Waals surface area contributed by atoms with Crippen molar-refractivity contribution in [2.75, 3.05) is 0 Å². The Kier molecular flexibility index (Phi) is 3.86. The van der Waals surface area contributed by atoms with Crippen LogP contribution in [0.3, 0.4) is 0 Å². The molecule has 2 aromatic heterocycles. The molecule has 3 N–H and O–H groups in total. The van der Waals surface area contributed by atoms with Crippen LogP contribution in [-0.2, 0) is 0 Å². The predicted octanol–water partition coefficient (Wildman–Crippen LogP) is 2.73. The van der Waals surface area contributed by atoms with Crippen molar-refractivity contribution in [1.82, 2.24) is 15.0 Å². The van der Waals surface area contributed by atoms with Crippen molar-refractivity contribution in [3.05, 3.63) is 53.6 Å². The first-order valence-corrected chi connectivity index (χ1v) is 6.86. The molecule has 114 valence electrons. The van der Waals surface area contributed by atoms with Gasteiger partial charge in [-0.2, -0.15) is 4.99 Å². The molecule has 1 amide bonds. The molecule has 0 saturated heterocycles. The van der Waals surface area contributed by atoms with E-state index in [1.807, 2.05) is 18.2 Å². The van der Waals surface area contributed by atoms with Crippen LogP contribution in [0, 0.1) is 0 Å². The highest BCUT2D eigenvalue weighted by Crippen LogP contribution is 2.28. The molecule has 1 aromatic carbocycles. The summed E-state index contributed by atoms with van der Waals surface area (Å²) in [6.45, 7) is 0. The van der Waals surface area contributed by atoms with Gasteiger partial charge in [0.1, 0.15) is 12.0 Å². The lowest BCUT2D eigenvalue weighted by atomic mass is 10.1. The molecule has 0 spiro atoms. The molecule has 3 aromatic rings. The van der Waals surface area contributed by atoms with Crippen LogP contribution in [0.1, 0.15) is 5.69 Å². The summed E-state index contributed by atoms with van der Waals surface area (Å²) in [4.78, 5) is 26.2. The third-order valence-corrected chi connectivity index (χ3v) is 3.39. The third kappa shape index (κ3) is 3.09. The Bertz CT molecular complexity index is 942. The summed E-state index contributed by atoms with van der Waals surface area (Å²) in [5.74, 6) is -0.199. The van der Waals surface area contributed by atoms with Crippen molar-refractivity contribution >= 4 is 34.4 Å². The molecule has 3 rings (SSSR count). The standard InChI is InChI=1S/C15H10ClN5O2/c16-10-5-9(4-8-2-1-3-18-13(8)10)11-6-12(20-7-19-11)14(17)21-15(22)23/h1-7H,(H2,17,21)(H,22,23). The highest BCUT2D eigenvalue weighted by atomic mass is 35.5. The van der Waals surface area contributed by atoms with Gasteiger partial charge in [0, 0.05) is 17.1 Å². The molecule has 0 fully saturated rings. The lowest BCUT2D eigenvalue weighted by Gasteiger charge is -2.06. The average molecular weight is 328 g/mol. The highest BCUT2D eigenvalue weighted by Gasteiger charge is 2.09. The van der Waals surface area contributed by atoms with E-state index < -0.39 is 6.09 Å². The number of aliphatic imine (C=N–C) groups is 1. The number of nitrogens with two attached hydrogens (primary N) is 1. The van der Waals surface area contributed by atoms with Crippen molar-refractivity contribution in [2.24, 2.45) is 10.7 Å². The first-order valence-electron chi connectivity index (χ1n) is 6.49. The van der Waals surface area contributed by atoms with Gasteiger partial charge in [-0.15, -0.1) is 0 Å². The first kappa shape index (κ1) is 14.9. The molecule has 0 radical (unpaired) electrons. The van der Waals surface area contributed by atoms with Crippen molar-refractivity contribution < 1.29 is 9.90 Å². The van der Waals surface area contributed by atoms with Crippen molar-refractivity contribution in [2.45, 2.75) is 0 Å². The Morgan fingerprint density at radius 2 is 2.04 bits per heavy atom. The Labute approximate surface area is 135 Å². The van der Waals surface area contributed by atoms with Crippen LogP contribution in [0.15, 0.2) is 47.8 Å². The zero-order valence-electron chi connectivity index (χ0n) is 11.6. The maximum atomic E-state index is 10.6. The van der Waals surface area contributed by atoms with Crippen LogP contribution < -0.4 is 5.73 Å². The van der Waals surface area contributed by atoms with E-state index in [1.54, 1.807) is 18.3 Å². The number of amides is 1. The van der Waals surface area contributed by atoms with E-state index in [1.165, 1.54) is 6.33 Å². The second kappa shape index (κ2) is 5.98. The van der Waals surface area contributed by atoms with E-state index in [-0.39, 0.29) is 11.5 Å². The number of aromatic nitrogens is 3. The molecule has 0 bridgehead atoms. The Morgan fingerprint density at radius 3 is 2.83 bits per heavy atom. The summed E-state index contributed by atoms with van der Waals surface area (Å²) in [5, 5.41) is 10.0. The second-order valence-corrected chi connectivity index (χ2v) is 5.01. The average Bonchev–Trinajstić information content (AvgIpc) is 2.54. The predicted molar refractivity (Wildman–Crippen MR) is 86.5 cm³/mol. The second-order valence-electron chi connectivity index (χ2n) is 4.60. The molecular weight excluding hydrogens is 318 g/mol. The van der Waals surface area contributed by atoms with Crippen molar-refractivity contribution in [1.29, 1.82) is 0 Å². The molecule has 2 heterocycles. The van der Waals surface area contributed by atoms with E-state index in [2.05, 4.69) is 19.9 Å². The number of hydrogen-bond acceptors (Lipinski definition) is 4. The number of carboxylic acid groups (broad SMARTS) is 1. The summed E-state index contributed by atoms with van der Waals surface area (Å²) >= 11 is 6.25. The number of pyridine rings is 1. The Morgan fingerprint density at radius 1 is 1.22 bits per heavy atom. The third-order valence-electron chi connectivity index (χ3n) is 3.10. The largest absolute Gasteiger partial charge is 0.463 e. The zero-order valence-corrected chi connectivity index (χ0v) is 12.4. The van der Waals surface area contributed by atoms with Gasteiger partial charge in [-0.25, -0.2) is 14.8 Å². The number of fused-ring (bicyclic) bond motifs is 1. The molecular formula is C15H10ClN5O2. The van der Waals surface area contributed by atoms with E-state index in [4.69, 9.17) is 22.4 Å². The van der Waals surface area contributed by atoms with Gasteiger partial charge < -0.3 is 10.8 Å². The van der Waals surface area contributed by atoms with Gasteiger partial charge in [0.25, 0.3) is 0 Å². The van der Waals surface area contributed by atoms with Gasteiger partial charge >= 0.3 is 6.09 Å². The topological polar surface area (TPSA) is 114 Å². The maximum Gasteiger partial charge on any atom is 0.433 e. The quantitative estimate of drug-likeness (QED) is 0.552. The van der Waals surface area contributed by atoms with E-state index in [0.29, 0.717) is 16.2 Å². The van der Waals surface area contributed by atoms with Gasteiger partial charge in [0.05, 0.1) is 16.2 Å². The molecule has 0 unspecified atom stereocenters. The molecule has 0 atom stereocenters. The van der Waals surface area contributed by atoms with Crippen LogP contribution in [0.2, 0.25) is 5.02 Å². The molecule has 8 heteroatoms. The van der Waals surface area contributed by atoms with Gasteiger partial charge in [0.15, 0.2) is 5.84 Å². The molecule has 7 nitrogen and oxygen atoms in total. The summed E-state index contributed by atoms with van der Waals surface area (Å²) in [7, 11) is 0. The number of hydrogen-bond donors (Lipinski definition) is 2. The molecule has 0 saturated carbocycles. The SMILES string of the molecule is N/C(=N\C(=O)O)c1cc(-c2cc(Cl)c3ncccc3c2)ncn1. The summed E-state index contributed by atoms with van der Waals surface area (Å²) in [5.41, 5.74) is 7.81. The van der Waals surface area contributed by atoms with E-state index >= 15 is 0 Å². The lowest BCUT2D eigenvalue weighted by molar-refractivity contribution is 0.205. The fraction of sp³-hybridized carbons (Fsp3) is 0. The monoisotopic (exact) mass is 327 g/mol. The number of rotatable bonds is 2. The van der Waals surface area contributed by atoms with Gasteiger partial charge in [-0.3, -0.25) is 4.98 Å². The Hall–Kier alpha value is -3.06. The minimum atomic E-state index is -1.39. The molecule has 23 heavy (non-hydrogen) atoms. The number of nitrogens with zero attached hydrogens (tertiary/aromatic N) is 4. The first-order chi connectivity index (χ1) is 11.0. The molecule has 0 aliphatic rings. The summed E-state index contributed by atoms with van der Waals surface area (Å²) in [6.07, 6.45) is 1.57. The van der Waals surface area contributed by atoms with Crippen molar-refractivity contribution in [3.63, 3.8) is 0 Å². The Balaban J connectivity index is 2.11. The summed E-state index contributed by atoms with van der Waals surface area (Å²) in [6, 6.07) is 8.86. The highest BCUT2D eigenvalue weighted by molar-refractivity contribution is 6.35. The van der Waals surface area contributed by atoms with E-state index in [9.17, 15) is 4.79 Å². The fourth-order valence-electron chi connectivity index (χ4n) is 2.11. The van der Waals surface area contributed by atoms with Crippen LogP contribution in [0.4, 0.5) is 4.79 Å². The minimum Gasteiger partial charge on any atom is -0.463 e. The normalized spacial score (nSPS) is 11.6. The number of amidine groups is 1. The molecule has 0 aliphatic heterocycles. The maximum absolute atomic E-state index is 10.6. The van der Waals surface area contributed by atoms with Crippen LogP contribution in [0.5, 0.6) is 0 Å². The molecule has 0 aliphatic carbocycles. The van der Waals surface area contributed by atoms with Gasteiger partial charge in [-0.05, 0) is 24.3 Å². The minimum absolute atomic E-state index is 0.199. The van der Waals surface area contributed by atoms with Crippen LogP contribution in [0.25, 0.3) is 22.2 Å². The summed E-state index contributed by atoms with van der Waals surface area (Å²) < 4.78 is 0.